The van der Waals surface area contributed by atoms with Gasteiger partial charge in [-0.15, -0.1) is 0 Å². The van der Waals surface area contributed by atoms with E-state index in [1.165, 1.54) is 32.5 Å². The maximum atomic E-state index is 11.2. The molecule has 2 heteroatoms. The van der Waals surface area contributed by atoms with Gasteiger partial charge in [-0.2, -0.15) is 0 Å². The van der Waals surface area contributed by atoms with Crippen molar-refractivity contribution >= 4 is 5.78 Å². The number of ketones is 1. The minimum absolute atomic E-state index is 0.505. The van der Waals surface area contributed by atoms with E-state index in [2.05, 4.69) is 11.8 Å². The third-order valence-corrected chi connectivity index (χ3v) is 3.46. The lowest BCUT2D eigenvalue weighted by Gasteiger charge is -2.15. The maximum Gasteiger partial charge on any atom is 0.133 e. The van der Waals surface area contributed by atoms with Gasteiger partial charge in [0.05, 0.1) is 0 Å². The molecule has 74 valence electrons. The number of nitrogens with zero attached hydrogens (tertiary/aromatic N) is 1. The molecular formula is C11H19NO. The molecule has 1 aliphatic carbocycles. The van der Waals surface area contributed by atoms with Crippen LogP contribution in [0.5, 0.6) is 0 Å². The number of Topliss-reactive ketones (excluding diaryl/α,β-unsaturated/α-hetero) is 1. The first-order valence-corrected chi connectivity index (χ1v) is 5.53. The fourth-order valence-electron chi connectivity index (χ4n) is 2.73. The van der Waals surface area contributed by atoms with E-state index in [0.29, 0.717) is 17.6 Å². The number of carbonyl (C=O) groups is 1. The first-order chi connectivity index (χ1) is 6.29. The number of hydrogen-bond acceptors (Lipinski definition) is 2. The largest absolute Gasteiger partial charge is 0.303 e. The Labute approximate surface area is 80.3 Å². The van der Waals surface area contributed by atoms with E-state index >= 15 is 0 Å². The predicted molar refractivity (Wildman–Crippen MR) is 52.6 cm³/mol. The molecule has 0 aromatic rings. The molecule has 2 unspecified atom stereocenters. The second kappa shape index (κ2) is 3.79. The van der Waals surface area contributed by atoms with Gasteiger partial charge in [0.25, 0.3) is 0 Å². The van der Waals surface area contributed by atoms with Crippen LogP contribution in [0.15, 0.2) is 0 Å². The van der Waals surface area contributed by atoms with Crippen molar-refractivity contribution in [3.63, 3.8) is 0 Å². The number of carbonyl (C=O) groups excluding carboxylic acids is 1. The third kappa shape index (κ3) is 1.93. The summed E-state index contributed by atoms with van der Waals surface area (Å²) in [5.74, 6) is 1.93. The summed E-state index contributed by atoms with van der Waals surface area (Å²) >= 11 is 0. The van der Waals surface area contributed by atoms with Crippen LogP contribution >= 0.6 is 0 Å². The Balaban J connectivity index is 1.80. The van der Waals surface area contributed by atoms with Crippen molar-refractivity contribution < 1.29 is 4.79 Å². The fraction of sp³-hybridized carbons (Fsp3) is 0.909. The molecule has 2 fully saturated rings. The molecule has 13 heavy (non-hydrogen) atoms. The van der Waals surface area contributed by atoms with Gasteiger partial charge in [0.1, 0.15) is 5.78 Å². The number of unbranched alkanes of at least 4 members (excludes halogenated alkanes) is 1. The molecule has 1 aliphatic heterocycles. The van der Waals surface area contributed by atoms with Crippen LogP contribution in [0.1, 0.15) is 32.6 Å². The topological polar surface area (TPSA) is 20.3 Å². The molecular weight excluding hydrogens is 162 g/mol. The van der Waals surface area contributed by atoms with Crippen molar-refractivity contribution in [1.29, 1.82) is 0 Å². The van der Waals surface area contributed by atoms with Crippen LogP contribution in [0.4, 0.5) is 0 Å². The molecule has 1 saturated heterocycles. The SMILES string of the molecule is CCCCN1CC2CC(=O)CC2C1. The van der Waals surface area contributed by atoms with Crippen LogP contribution in [0.3, 0.4) is 0 Å². The van der Waals surface area contributed by atoms with Crippen molar-refractivity contribution in [3.05, 3.63) is 0 Å². The second-order valence-corrected chi connectivity index (χ2v) is 4.58. The van der Waals surface area contributed by atoms with E-state index in [0.717, 1.165) is 12.8 Å². The summed E-state index contributed by atoms with van der Waals surface area (Å²) in [4.78, 5) is 13.7. The third-order valence-electron chi connectivity index (χ3n) is 3.46. The highest BCUT2D eigenvalue weighted by Gasteiger charge is 2.39. The van der Waals surface area contributed by atoms with E-state index < -0.39 is 0 Å². The fourth-order valence-corrected chi connectivity index (χ4v) is 2.73. The second-order valence-electron chi connectivity index (χ2n) is 4.58. The van der Waals surface area contributed by atoms with Crippen molar-refractivity contribution in [2.24, 2.45) is 11.8 Å². The first-order valence-electron chi connectivity index (χ1n) is 5.53. The summed E-state index contributed by atoms with van der Waals surface area (Å²) in [6, 6.07) is 0. The molecule has 1 heterocycles. The minimum Gasteiger partial charge on any atom is -0.303 e. The van der Waals surface area contributed by atoms with Crippen molar-refractivity contribution in [2.75, 3.05) is 19.6 Å². The monoisotopic (exact) mass is 181 g/mol. The van der Waals surface area contributed by atoms with E-state index in [1.54, 1.807) is 0 Å². The predicted octanol–water partition coefficient (Wildman–Crippen LogP) is 1.70. The molecule has 0 amide bonds. The standard InChI is InChI=1S/C11H19NO/c1-2-3-4-12-7-9-5-11(13)6-10(9)8-12/h9-10H,2-8H2,1H3. The number of fused-ring (bicyclic) bond motifs is 1. The first kappa shape index (κ1) is 9.20. The van der Waals surface area contributed by atoms with Crippen LogP contribution in [0, 0.1) is 11.8 Å². The molecule has 0 aromatic carbocycles. The Morgan fingerprint density at radius 2 is 1.92 bits per heavy atom. The smallest absolute Gasteiger partial charge is 0.133 e. The Morgan fingerprint density at radius 1 is 1.31 bits per heavy atom. The van der Waals surface area contributed by atoms with E-state index in [4.69, 9.17) is 0 Å². The molecule has 2 aliphatic rings. The molecule has 2 atom stereocenters. The normalized spacial score (nSPS) is 34.1. The van der Waals surface area contributed by atoms with Crippen LogP contribution < -0.4 is 0 Å². The van der Waals surface area contributed by atoms with Gasteiger partial charge in [-0.1, -0.05) is 13.3 Å². The summed E-state index contributed by atoms with van der Waals surface area (Å²) in [6.45, 7) is 5.87. The molecule has 0 N–H and O–H groups in total. The number of hydrogen-bond donors (Lipinski definition) is 0. The van der Waals surface area contributed by atoms with Gasteiger partial charge in [0.15, 0.2) is 0 Å². The van der Waals surface area contributed by atoms with Gasteiger partial charge < -0.3 is 4.90 Å². The molecule has 0 aromatic heterocycles. The summed E-state index contributed by atoms with van der Waals surface area (Å²) in [5, 5.41) is 0. The van der Waals surface area contributed by atoms with E-state index in [-0.39, 0.29) is 0 Å². The lowest BCUT2D eigenvalue weighted by molar-refractivity contribution is -0.118. The Hall–Kier alpha value is -0.370. The number of likely N-dealkylation sites (tertiary alicyclic amines) is 1. The van der Waals surface area contributed by atoms with Gasteiger partial charge in [-0.3, -0.25) is 4.79 Å². The van der Waals surface area contributed by atoms with Crippen molar-refractivity contribution in [3.8, 4) is 0 Å². The van der Waals surface area contributed by atoms with Gasteiger partial charge in [-0.05, 0) is 24.8 Å². The summed E-state index contributed by atoms with van der Waals surface area (Å²) in [7, 11) is 0. The average Bonchev–Trinajstić information content (AvgIpc) is 2.57. The average molecular weight is 181 g/mol. The number of rotatable bonds is 3. The lowest BCUT2D eigenvalue weighted by atomic mass is 10.0. The molecule has 2 nitrogen and oxygen atoms in total. The highest BCUT2D eigenvalue weighted by molar-refractivity contribution is 5.81. The lowest BCUT2D eigenvalue weighted by Crippen LogP contribution is -2.23. The quantitative estimate of drug-likeness (QED) is 0.660. The molecule has 0 spiro atoms. The van der Waals surface area contributed by atoms with Crippen molar-refractivity contribution in [1.82, 2.24) is 4.90 Å². The molecule has 0 bridgehead atoms. The molecule has 0 radical (unpaired) electrons. The van der Waals surface area contributed by atoms with E-state index in [1.807, 2.05) is 0 Å². The van der Waals surface area contributed by atoms with Crippen LogP contribution in [0.25, 0.3) is 0 Å². The van der Waals surface area contributed by atoms with Gasteiger partial charge in [-0.25, -0.2) is 0 Å². The Morgan fingerprint density at radius 3 is 2.46 bits per heavy atom. The van der Waals surface area contributed by atoms with Gasteiger partial charge in [0.2, 0.25) is 0 Å². The Bertz CT molecular complexity index is 186. The zero-order valence-electron chi connectivity index (χ0n) is 8.46. The van der Waals surface area contributed by atoms with Crippen LogP contribution in [-0.2, 0) is 4.79 Å². The zero-order valence-corrected chi connectivity index (χ0v) is 8.46. The summed E-state index contributed by atoms with van der Waals surface area (Å²) < 4.78 is 0. The van der Waals surface area contributed by atoms with Gasteiger partial charge in [0, 0.05) is 25.9 Å². The van der Waals surface area contributed by atoms with Crippen molar-refractivity contribution in [2.45, 2.75) is 32.6 Å². The Kier molecular flexibility index (Phi) is 2.68. The highest BCUT2D eigenvalue weighted by atomic mass is 16.1. The summed E-state index contributed by atoms with van der Waals surface area (Å²) in [6.07, 6.45) is 4.33. The molecule has 1 saturated carbocycles. The summed E-state index contributed by atoms with van der Waals surface area (Å²) in [5.41, 5.74) is 0. The minimum atomic E-state index is 0.505. The van der Waals surface area contributed by atoms with Crippen LogP contribution in [-0.4, -0.2) is 30.3 Å². The van der Waals surface area contributed by atoms with E-state index in [9.17, 15) is 4.79 Å². The van der Waals surface area contributed by atoms with Crippen LogP contribution in [0.2, 0.25) is 0 Å². The zero-order chi connectivity index (χ0) is 9.26. The maximum absolute atomic E-state index is 11.2. The molecule has 2 rings (SSSR count). The highest BCUT2D eigenvalue weighted by Crippen LogP contribution is 2.35. The van der Waals surface area contributed by atoms with Gasteiger partial charge >= 0.3 is 0 Å².